The lowest BCUT2D eigenvalue weighted by atomic mass is 9.84. The maximum Gasteiger partial charge on any atom is 0.265 e. The number of hydrogen-bond donors (Lipinski definition) is 2. The molecule has 144 valence electrons. The second-order valence-electron chi connectivity index (χ2n) is 6.86. The molecule has 0 aromatic heterocycles. The van der Waals surface area contributed by atoms with E-state index in [0.717, 1.165) is 18.5 Å². The number of benzene rings is 1. The Labute approximate surface area is 160 Å². The summed E-state index contributed by atoms with van der Waals surface area (Å²) >= 11 is 0. The van der Waals surface area contributed by atoms with Crippen LogP contribution in [-0.2, 0) is 9.59 Å². The molecule has 2 amide bonds. The summed E-state index contributed by atoms with van der Waals surface area (Å²) in [6.45, 7) is 0.842. The number of nitrogens with one attached hydrogen (secondary N) is 1. The van der Waals surface area contributed by atoms with Crippen LogP contribution in [0.15, 0.2) is 24.3 Å². The molecule has 0 radical (unpaired) electrons. The molecule has 1 fully saturated rings. The van der Waals surface area contributed by atoms with Crippen LogP contribution in [0, 0.1) is 5.92 Å². The molecule has 26 heavy (non-hydrogen) atoms. The van der Waals surface area contributed by atoms with Gasteiger partial charge in [0.05, 0.1) is 5.69 Å². The van der Waals surface area contributed by atoms with Crippen LogP contribution in [-0.4, -0.2) is 37.6 Å². The highest BCUT2D eigenvalue weighted by Crippen LogP contribution is 2.31. The number of nitrogens with zero attached hydrogens (tertiary/aromatic N) is 1. The van der Waals surface area contributed by atoms with Crippen molar-refractivity contribution in [1.82, 2.24) is 5.32 Å². The van der Waals surface area contributed by atoms with E-state index in [1.165, 1.54) is 19.3 Å². The van der Waals surface area contributed by atoms with Crippen LogP contribution in [0.25, 0.3) is 0 Å². The number of hydrogen-bond acceptors (Lipinski definition) is 4. The van der Waals surface area contributed by atoms with Gasteiger partial charge in [-0.1, -0.05) is 31.4 Å². The van der Waals surface area contributed by atoms with Gasteiger partial charge in [0.1, 0.15) is 5.75 Å². The van der Waals surface area contributed by atoms with Crippen LogP contribution < -0.4 is 20.7 Å². The van der Waals surface area contributed by atoms with E-state index in [0.29, 0.717) is 24.8 Å². The average Bonchev–Trinajstić information content (AvgIpc) is 2.66. The molecule has 7 heteroatoms. The molecule has 1 unspecified atom stereocenters. The monoisotopic (exact) mass is 381 g/mol. The summed E-state index contributed by atoms with van der Waals surface area (Å²) < 4.78 is 5.43. The molecule has 0 bridgehead atoms. The predicted molar refractivity (Wildman–Crippen MR) is 104 cm³/mol. The van der Waals surface area contributed by atoms with Crippen molar-refractivity contribution < 1.29 is 14.3 Å². The summed E-state index contributed by atoms with van der Waals surface area (Å²) in [6, 6.07) is 7.45. The van der Waals surface area contributed by atoms with E-state index in [1.54, 1.807) is 4.90 Å². The number of ether oxygens (including phenoxy) is 1. The SMILES string of the molecule is Cl.NCC(NC(=O)CCN1C(=O)COc2ccccc21)C1CCCCC1. The molecule has 1 atom stereocenters. The summed E-state index contributed by atoms with van der Waals surface area (Å²) in [5.74, 6) is 1.00. The predicted octanol–water partition coefficient (Wildman–Crippen LogP) is 2.25. The number of para-hydroxylation sites is 2. The van der Waals surface area contributed by atoms with Gasteiger partial charge < -0.3 is 20.7 Å². The fraction of sp³-hybridized carbons (Fsp3) is 0.579. The fourth-order valence-electron chi connectivity index (χ4n) is 3.80. The lowest BCUT2D eigenvalue weighted by Crippen LogP contribution is -2.47. The second kappa shape index (κ2) is 9.78. The largest absolute Gasteiger partial charge is 0.482 e. The third-order valence-electron chi connectivity index (χ3n) is 5.19. The molecular formula is C19H28ClN3O3. The van der Waals surface area contributed by atoms with Gasteiger partial charge in [0.25, 0.3) is 5.91 Å². The van der Waals surface area contributed by atoms with E-state index in [2.05, 4.69) is 5.32 Å². The van der Waals surface area contributed by atoms with Crippen molar-refractivity contribution in [2.45, 2.75) is 44.6 Å². The van der Waals surface area contributed by atoms with E-state index in [-0.39, 0.29) is 43.3 Å². The van der Waals surface area contributed by atoms with Crippen LogP contribution in [0.1, 0.15) is 38.5 Å². The normalized spacial score (nSPS) is 18.3. The minimum Gasteiger partial charge on any atom is -0.482 e. The number of amides is 2. The quantitative estimate of drug-likeness (QED) is 0.791. The van der Waals surface area contributed by atoms with Gasteiger partial charge in [-0.15, -0.1) is 12.4 Å². The summed E-state index contributed by atoms with van der Waals surface area (Å²) in [5.41, 5.74) is 6.61. The molecular weight excluding hydrogens is 354 g/mol. The van der Waals surface area contributed by atoms with Crippen molar-refractivity contribution in [3.63, 3.8) is 0 Å². The molecule has 6 nitrogen and oxygen atoms in total. The zero-order valence-electron chi connectivity index (χ0n) is 15.0. The highest BCUT2D eigenvalue weighted by molar-refractivity contribution is 5.98. The maximum atomic E-state index is 12.4. The van der Waals surface area contributed by atoms with Crippen molar-refractivity contribution in [1.29, 1.82) is 0 Å². The zero-order chi connectivity index (χ0) is 17.6. The third-order valence-corrected chi connectivity index (χ3v) is 5.19. The molecule has 0 spiro atoms. The average molecular weight is 382 g/mol. The Morgan fingerprint density at radius 1 is 1.27 bits per heavy atom. The van der Waals surface area contributed by atoms with Gasteiger partial charge in [0.2, 0.25) is 5.91 Å². The number of anilines is 1. The number of nitrogens with two attached hydrogens (primary N) is 1. The maximum absolute atomic E-state index is 12.4. The Morgan fingerprint density at radius 2 is 2.00 bits per heavy atom. The molecule has 3 rings (SSSR count). The summed E-state index contributed by atoms with van der Waals surface area (Å²) in [6.07, 6.45) is 6.25. The van der Waals surface area contributed by atoms with E-state index < -0.39 is 0 Å². The summed E-state index contributed by atoms with van der Waals surface area (Å²) in [7, 11) is 0. The molecule has 1 aliphatic carbocycles. The smallest absolute Gasteiger partial charge is 0.265 e. The number of carbonyl (C=O) groups is 2. The molecule has 3 N–H and O–H groups in total. The van der Waals surface area contributed by atoms with Crippen molar-refractivity contribution in [3.8, 4) is 5.75 Å². The summed E-state index contributed by atoms with van der Waals surface area (Å²) in [4.78, 5) is 26.2. The number of carbonyl (C=O) groups excluding carboxylic acids is 2. The zero-order valence-corrected chi connectivity index (χ0v) is 15.8. The van der Waals surface area contributed by atoms with Gasteiger partial charge in [0.15, 0.2) is 6.61 Å². The van der Waals surface area contributed by atoms with E-state index >= 15 is 0 Å². The van der Waals surface area contributed by atoms with Gasteiger partial charge in [-0.3, -0.25) is 9.59 Å². The van der Waals surface area contributed by atoms with Gasteiger partial charge in [-0.2, -0.15) is 0 Å². The highest BCUT2D eigenvalue weighted by atomic mass is 35.5. The number of rotatable bonds is 6. The first-order valence-electron chi connectivity index (χ1n) is 9.20. The van der Waals surface area contributed by atoms with Crippen molar-refractivity contribution in [2.75, 3.05) is 24.6 Å². The molecule has 1 heterocycles. The van der Waals surface area contributed by atoms with Gasteiger partial charge in [-0.25, -0.2) is 0 Å². The first kappa shape index (κ1) is 20.5. The molecule has 1 saturated carbocycles. The Morgan fingerprint density at radius 3 is 2.73 bits per heavy atom. The van der Waals surface area contributed by atoms with E-state index in [9.17, 15) is 9.59 Å². The Kier molecular flexibility index (Phi) is 7.72. The van der Waals surface area contributed by atoms with Crippen LogP contribution >= 0.6 is 12.4 Å². The molecule has 1 aromatic carbocycles. The summed E-state index contributed by atoms with van der Waals surface area (Å²) in [5, 5.41) is 3.08. The van der Waals surface area contributed by atoms with Crippen molar-refractivity contribution in [2.24, 2.45) is 11.7 Å². The fourth-order valence-corrected chi connectivity index (χ4v) is 3.80. The minimum atomic E-state index is -0.117. The molecule has 1 aromatic rings. The third kappa shape index (κ3) is 4.89. The van der Waals surface area contributed by atoms with Gasteiger partial charge in [-0.05, 0) is 30.9 Å². The Hall–Kier alpha value is -1.79. The van der Waals surface area contributed by atoms with E-state index in [1.807, 2.05) is 24.3 Å². The Balaban J connectivity index is 0.00000243. The minimum absolute atomic E-state index is 0. The van der Waals surface area contributed by atoms with Crippen molar-refractivity contribution in [3.05, 3.63) is 24.3 Å². The first-order valence-corrected chi connectivity index (χ1v) is 9.20. The highest BCUT2D eigenvalue weighted by Gasteiger charge is 2.27. The van der Waals surface area contributed by atoms with E-state index in [4.69, 9.17) is 10.5 Å². The van der Waals surface area contributed by atoms with Crippen molar-refractivity contribution >= 4 is 29.9 Å². The van der Waals surface area contributed by atoms with Crippen LogP contribution in [0.5, 0.6) is 5.75 Å². The molecule has 2 aliphatic rings. The van der Waals surface area contributed by atoms with Crippen LogP contribution in [0.4, 0.5) is 5.69 Å². The first-order chi connectivity index (χ1) is 12.2. The lowest BCUT2D eigenvalue weighted by Gasteiger charge is -2.31. The molecule has 1 aliphatic heterocycles. The standard InChI is InChI=1S/C19H27N3O3.ClH/c20-12-15(14-6-2-1-3-7-14)21-18(23)10-11-22-16-8-4-5-9-17(16)25-13-19(22)24;/h4-5,8-9,14-15H,1-3,6-7,10-13,20H2,(H,21,23);1H. The second-order valence-corrected chi connectivity index (χ2v) is 6.86. The van der Waals surface area contributed by atoms with Gasteiger partial charge in [0, 0.05) is 25.6 Å². The van der Waals surface area contributed by atoms with Crippen LogP contribution in [0.2, 0.25) is 0 Å². The molecule has 0 saturated heterocycles. The number of halogens is 1. The lowest BCUT2D eigenvalue weighted by molar-refractivity contribution is -0.122. The topological polar surface area (TPSA) is 84.7 Å². The Bertz CT molecular complexity index is 620. The van der Waals surface area contributed by atoms with Crippen LogP contribution in [0.3, 0.4) is 0 Å². The van der Waals surface area contributed by atoms with Gasteiger partial charge >= 0.3 is 0 Å². The number of fused-ring (bicyclic) bond motifs is 1.